The normalized spacial score (nSPS) is 19.2. The zero-order valence-electron chi connectivity index (χ0n) is 55.7. The van der Waals surface area contributed by atoms with Crippen LogP contribution in [0.4, 0.5) is 34.1 Å². The molecule has 344 valence electrons. The predicted octanol–water partition coefficient (Wildman–Crippen LogP) is 16.5. The molecular formula is C63H73BN2S. The van der Waals surface area contributed by atoms with Crippen molar-refractivity contribution >= 4 is 78.0 Å². The monoisotopic (exact) mass is 914 g/mol. The van der Waals surface area contributed by atoms with Gasteiger partial charge in [0.15, 0.2) is 0 Å². The Morgan fingerprint density at radius 1 is 0.552 bits per heavy atom. The molecule has 0 radical (unpaired) electrons. The van der Waals surface area contributed by atoms with Crippen molar-refractivity contribution < 1.29 is 17.8 Å². The molecule has 0 amide bonds. The molecule has 0 saturated carbocycles. The minimum Gasteiger partial charge on any atom is -0.311 e. The number of nitrogens with zero attached hydrogens (tertiary/aromatic N) is 2. The van der Waals surface area contributed by atoms with Gasteiger partial charge in [0.25, 0.3) is 6.71 Å². The largest absolute Gasteiger partial charge is 0.311 e. The Balaban J connectivity index is 1.48. The van der Waals surface area contributed by atoms with Crippen LogP contribution in [0.5, 0.6) is 0 Å². The topological polar surface area (TPSA) is 6.48 Å². The molecule has 2 aliphatic heterocycles. The van der Waals surface area contributed by atoms with Gasteiger partial charge in [-0.1, -0.05) is 165 Å². The van der Waals surface area contributed by atoms with Crippen LogP contribution in [0.25, 0.3) is 21.2 Å². The Bertz CT molecular complexity index is 3870. The summed E-state index contributed by atoms with van der Waals surface area (Å²) in [5.41, 5.74) is 3.35. The fraction of sp³-hybridized carbons (Fsp3) is 0.397. The van der Waals surface area contributed by atoms with E-state index in [2.05, 4.69) is 56.9 Å². The Hall–Kier alpha value is -5.06. The molecule has 10 rings (SSSR count). The molecule has 67 heavy (non-hydrogen) atoms. The standard InChI is InChI=1S/C63H73BN2S/c1-38-32-52-55-53(33-38)66(50-27-22-41(59(5,6)7)34-45(50)39-18-20-40(21-19-39)58(2,3)4)51-28-23-43(61(11,12)13)36-49(51)64(55)57-56(46-35-42(60(8,9)10)24-29-54(46)67-57)65(52)44-25-26-47-48(37-44)63(16,17)31-30-62(47,14)15/h18-29,32-37H,30-31H2,1-17H3/i18D,19D,20D,21D,22D,23D,24D,27D,28D,29D,34D,35D,36D. The van der Waals surface area contributed by atoms with Gasteiger partial charge in [-0.25, -0.2) is 0 Å². The van der Waals surface area contributed by atoms with E-state index in [0.717, 1.165) is 24.1 Å². The third kappa shape index (κ3) is 7.51. The maximum atomic E-state index is 10.6. The van der Waals surface area contributed by atoms with Gasteiger partial charge in [-0.05, 0) is 162 Å². The van der Waals surface area contributed by atoms with E-state index in [1.165, 1.54) is 22.5 Å². The summed E-state index contributed by atoms with van der Waals surface area (Å²) in [4.78, 5) is 3.78. The number of hydrogen-bond donors (Lipinski definition) is 0. The molecule has 0 atom stereocenters. The molecule has 3 heterocycles. The summed E-state index contributed by atoms with van der Waals surface area (Å²) < 4.78 is 131. The molecule has 3 aliphatic rings. The van der Waals surface area contributed by atoms with Crippen LogP contribution < -0.4 is 25.5 Å². The number of rotatable bonds is 3. The van der Waals surface area contributed by atoms with Gasteiger partial charge in [-0.3, -0.25) is 0 Å². The molecule has 7 aromatic rings. The van der Waals surface area contributed by atoms with Crippen LogP contribution in [-0.2, 0) is 32.5 Å². The van der Waals surface area contributed by atoms with Crippen molar-refractivity contribution in [3.05, 3.63) is 148 Å². The van der Waals surface area contributed by atoms with Gasteiger partial charge in [-0.15, -0.1) is 11.3 Å². The van der Waals surface area contributed by atoms with Gasteiger partial charge in [0.05, 0.1) is 29.2 Å². The average molecular weight is 914 g/mol. The second-order valence-corrected chi connectivity index (χ2v) is 25.9. The van der Waals surface area contributed by atoms with Crippen LogP contribution >= 0.6 is 11.3 Å². The lowest BCUT2D eigenvalue weighted by molar-refractivity contribution is 0.332. The minimum absolute atomic E-state index is 0.0262. The minimum atomic E-state index is -0.936. The fourth-order valence-corrected chi connectivity index (χ4v) is 11.3. The number of benzene rings is 6. The van der Waals surface area contributed by atoms with E-state index in [1.807, 2.05) is 96.1 Å². The highest BCUT2D eigenvalue weighted by atomic mass is 32.1. The van der Waals surface area contributed by atoms with Crippen LogP contribution in [0.1, 0.15) is 180 Å². The molecule has 1 aromatic heterocycles. The molecule has 0 unspecified atom stereocenters. The maximum absolute atomic E-state index is 10.6. The van der Waals surface area contributed by atoms with Crippen molar-refractivity contribution in [3.8, 4) is 11.1 Å². The van der Waals surface area contributed by atoms with Crippen LogP contribution in [0.3, 0.4) is 0 Å². The Labute approximate surface area is 426 Å². The Morgan fingerprint density at radius 2 is 1.07 bits per heavy atom. The van der Waals surface area contributed by atoms with Crippen LogP contribution in [0.15, 0.2) is 109 Å². The molecule has 0 saturated heterocycles. The number of thiophene rings is 1. The van der Waals surface area contributed by atoms with Crippen molar-refractivity contribution in [2.24, 2.45) is 0 Å². The van der Waals surface area contributed by atoms with Crippen molar-refractivity contribution in [3.63, 3.8) is 0 Å². The van der Waals surface area contributed by atoms with E-state index in [9.17, 15) is 17.8 Å². The first-order valence-electron chi connectivity index (χ1n) is 30.5. The number of hydrogen-bond acceptors (Lipinski definition) is 3. The first-order chi connectivity index (χ1) is 36.6. The zero-order chi connectivity index (χ0) is 59.4. The highest BCUT2D eigenvalue weighted by molar-refractivity contribution is 7.33. The van der Waals surface area contributed by atoms with E-state index in [1.54, 1.807) is 4.90 Å². The molecule has 1 aliphatic carbocycles. The van der Waals surface area contributed by atoms with Crippen molar-refractivity contribution in [2.75, 3.05) is 9.80 Å². The quantitative estimate of drug-likeness (QED) is 0.163. The fourth-order valence-electron chi connectivity index (χ4n) is 10.1. The number of anilines is 6. The van der Waals surface area contributed by atoms with E-state index in [4.69, 9.17) is 0 Å². The van der Waals surface area contributed by atoms with Gasteiger partial charge in [-0.2, -0.15) is 0 Å². The van der Waals surface area contributed by atoms with Crippen molar-refractivity contribution in [2.45, 2.75) is 163 Å². The highest BCUT2D eigenvalue weighted by Gasteiger charge is 2.47. The molecule has 2 nitrogen and oxygen atoms in total. The summed E-state index contributed by atoms with van der Waals surface area (Å²) >= 11 is 1.29. The van der Waals surface area contributed by atoms with E-state index < -0.39 is 46.5 Å². The first kappa shape index (κ1) is 32.7. The van der Waals surface area contributed by atoms with Crippen LogP contribution in [0, 0.1) is 6.92 Å². The third-order valence-corrected chi connectivity index (χ3v) is 15.5. The summed E-state index contributed by atoms with van der Waals surface area (Å²) in [6.07, 6.45) is 1.94. The summed E-state index contributed by atoms with van der Waals surface area (Å²) in [7, 11) is 0. The molecule has 4 heteroatoms. The van der Waals surface area contributed by atoms with Gasteiger partial charge in [0, 0.05) is 43.2 Å². The maximum Gasteiger partial charge on any atom is 0.264 e. The summed E-state index contributed by atoms with van der Waals surface area (Å²) in [5, 5.41) is 0.491. The van der Waals surface area contributed by atoms with Crippen LogP contribution in [-0.4, -0.2) is 6.71 Å². The van der Waals surface area contributed by atoms with Gasteiger partial charge >= 0.3 is 0 Å². The second-order valence-electron chi connectivity index (χ2n) is 24.8. The molecule has 6 aromatic carbocycles. The zero-order valence-corrected chi connectivity index (χ0v) is 43.5. The summed E-state index contributed by atoms with van der Waals surface area (Å²) in [5.74, 6) is 0. The van der Waals surface area contributed by atoms with Crippen molar-refractivity contribution in [1.29, 1.82) is 0 Å². The molecule has 0 bridgehead atoms. The molecule has 0 N–H and O–H groups in total. The first-order valence-corrected chi connectivity index (χ1v) is 24.8. The lowest BCUT2D eigenvalue weighted by atomic mass is 9.36. The van der Waals surface area contributed by atoms with E-state index in [-0.39, 0.29) is 105 Å². The molecule has 0 spiro atoms. The van der Waals surface area contributed by atoms with E-state index in [0.29, 0.717) is 54.0 Å². The third-order valence-electron chi connectivity index (χ3n) is 14.3. The SMILES string of the molecule is [2H]c1c([2H])c(C(C)(C)C)c([2H])c([2H])c1-c1c([2H])c(C(C)(C)C)c([2H])c([2H])c1N1c2cc(C)cc3c2B(c2sc4c([2H])c([2H])c(C(C)(C)C)c([2H])c4c2N3c2ccc3c(c2)C(C)(C)CCC3(C)C)c2c([2H])c(C(C)(C)C)c([2H])c([2H])c21. The predicted molar refractivity (Wildman–Crippen MR) is 296 cm³/mol. The molecular weight excluding hydrogens is 828 g/mol. The summed E-state index contributed by atoms with van der Waals surface area (Å²) in [6, 6.07) is 7.57. The van der Waals surface area contributed by atoms with Crippen LogP contribution in [0.2, 0.25) is 0 Å². The Morgan fingerprint density at radius 3 is 1.69 bits per heavy atom. The van der Waals surface area contributed by atoms with E-state index >= 15 is 0 Å². The van der Waals surface area contributed by atoms with Gasteiger partial charge in [0.2, 0.25) is 0 Å². The lowest BCUT2D eigenvalue weighted by Crippen LogP contribution is -2.60. The second kappa shape index (κ2) is 15.0. The lowest BCUT2D eigenvalue weighted by Gasteiger charge is -2.45. The van der Waals surface area contributed by atoms with Gasteiger partial charge < -0.3 is 9.80 Å². The summed E-state index contributed by atoms with van der Waals surface area (Å²) in [6.45, 7) is 32.6. The number of fused-ring (bicyclic) bond motifs is 7. The smallest absolute Gasteiger partial charge is 0.264 e. The average Bonchev–Trinajstić information content (AvgIpc) is 2.54. The Kier molecular flexibility index (Phi) is 7.30. The molecule has 0 fully saturated rings. The van der Waals surface area contributed by atoms with Crippen molar-refractivity contribution in [1.82, 2.24) is 0 Å². The highest BCUT2D eigenvalue weighted by Crippen LogP contribution is 2.53. The van der Waals surface area contributed by atoms with Gasteiger partial charge in [0.1, 0.15) is 0 Å². The number of aryl methyl sites for hydroxylation is 1.